The third kappa shape index (κ3) is 5.69. The summed E-state index contributed by atoms with van der Waals surface area (Å²) in [6, 6.07) is -2.17. The van der Waals surface area contributed by atoms with Crippen LogP contribution in [0.25, 0.3) is 0 Å². The minimum absolute atomic E-state index is 0.0693. The second-order valence-corrected chi connectivity index (χ2v) is 7.96. The van der Waals surface area contributed by atoms with E-state index in [1.165, 1.54) is 25.2 Å². The summed E-state index contributed by atoms with van der Waals surface area (Å²) in [5, 5.41) is 4.94. The van der Waals surface area contributed by atoms with Crippen molar-refractivity contribution in [2.45, 2.75) is 50.7 Å². The van der Waals surface area contributed by atoms with Crippen LogP contribution < -0.4 is 10.6 Å². The number of hydrogen-bond donors (Lipinski definition) is 3. The van der Waals surface area contributed by atoms with Gasteiger partial charge in [0.15, 0.2) is 0 Å². The summed E-state index contributed by atoms with van der Waals surface area (Å²) in [7, 11) is 1.47. The Kier molecular flexibility index (Phi) is 7.57. The summed E-state index contributed by atoms with van der Waals surface area (Å²) in [5.74, 6) is -2.09. The van der Waals surface area contributed by atoms with Crippen LogP contribution in [0, 0.1) is 0 Å². The average molecular weight is 448 g/mol. The molecule has 3 atom stereocenters. The van der Waals surface area contributed by atoms with E-state index in [4.69, 9.17) is 4.74 Å². The first-order chi connectivity index (χ1) is 15.3. The number of H-pyrrole nitrogens is 1. The number of aromatic nitrogens is 2. The van der Waals surface area contributed by atoms with Gasteiger partial charge in [-0.05, 0) is 19.4 Å². The minimum atomic E-state index is -0.972. The highest BCUT2D eigenvalue weighted by atomic mass is 16.5. The zero-order chi connectivity index (χ0) is 23.3. The number of imide groups is 1. The number of carbonyl (C=O) groups excluding carboxylic acids is 5. The van der Waals surface area contributed by atoms with Gasteiger partial charge in [-0.3, -0.25) is 34.2 Å². The number of ether oxygens (including phenoxy) is 1. The molecule has 0 aromatic carbocycles. The maximum Gasteiger partial charge on any atom is 0.302 e. The molecule has 0 unspecified atom stereocenters. The predicted molar refractivity (Wildman–Crippen MR) is 110 cm³/mol. The molecule has 3 heterocycles. The van der Waals surface area contributed by atoms with E-state index in [-0.39, 0.29) is 25.4 Å². The number of rotatable bonds is 9. The Morgan fingerprint density at radius 3 is 2.75 bits per heavy atom. The summed E-state index contributed by atoms with van der Waals surface area (Å²) in [6.07, 6.45) is 4.56. The van der Waals surface area contributed by atoms with E-state index in [0.717, 1.165) is 6.42 Å². The first-order valence-corrected chi connectivity index (χ1v) is 10.5. The van der Waals surface area contributed by atoms with Gasteiger partial charge < -0.3 is 19.9 Å². The number of imidazole rings is 1. The van der Waals surface area contributed by atoms with Crippen LogP contribution in [0.5, 0.6) is 0 Å². The topological polar surface area (TPSA) is 154 Å². The van der Waals surface area contributed by atoms with Crippen LogP contribution in [0.2, 0.25) is 0 Å². The van der Waals surface area contributed by atoms with Crippen LogP contribution in [-0.4, -0.2) is 94.2 Å². The molecule has 0 spiro atoms. The van der Waals surface area contributed by atoms with Gasteiger partial charge in [0, 0.05) is 38.8 Å². The highest BCUT2D eigenvalue weighted by Crippen LogP contribution is 2.18. The van der Waals surface area contributed by atoms with E-state index in [2.05, 4.69) is 20.6 Å². The van der Waals surface area contributed by atoms with Crippen LogP contribution in [0.3, 0.4) is 0 Å². The molecule has 0 aliphatic carbocycles. The van der Waals surface area contributed by atoms with Gasteiger partial charge in [-0.2, -0.15) is 0 Å². The van der Waals surface area contributed by atoms with Gasteiger partial charge in [-0.25, -0.2) is 4.98 Å². The van der Waals surface area contributed by atoms with Crippen molar-refractivity contribution in [3.05, 3.63) is 18.2 Å². The lowest BCUT2D eigenvalue weighted by Gasteiger charge is -2.34. The summed E-state index contributed by atoms with van der Waals surface area (Å²) in [4.78, 5) is 70.7. The molecule has 0 bridgehead atoms. The summed E-state index contributed by atoms with van der Waals surface area (Å²) in [5.41, 5.74) is 0.624. The van der Waals surface area contributed by atoms with Gasteiger partial charge >= 0.3 is 5.97 Å². The lowest BCUT2D eigenvalue weighted by molar-refractivity contribution is -0.147. The van der Waals surface area contributed by atoms with Crippen LogP contribution >= 0.6 is 0 Å². The number of nitrogens with zero attached hydrogens (tertiary/aromatic N) is 3. The van der Waals surface area contributed by atoms with Gasteiger partial charge in [0.1, 0.15) is 18.7 Å². The maximum absolute atomic E-state index is 13.1. The van der Waals surface area contributed by atoms with Crippen LogP contribution in [0.1, 0.15) is 31.9 Å². The molecule has 12 nitrogen and oxygen atoms in total. The van der Waals surface area contributed by atoms with Crippen molar-refractivity contribution >= 4 is 29.6 Å². The van der Waals surface area contributed by atoms with Gasteiger partial charge in [0.2, 0.25) is 23.6 Å². The van der Waals surface area contributed by atoms with Gasteiger partial charge in [0.05, 0.1) is 18.8 Å². The fourth-order valence-electron chi connectivity index (χ4n) is 3.90. The quantitative estimate of drug-likeness (QED) is 0.300. The Morgan fingerprint density at radius 2 is 2.12 bits per heavy atom. The van der Waals surface area contributed by atoms with Crippen molar-refractivity contribution in [3.63, 3.8) is 0 Å². The van der Waals surface area contributed by atoms with E-state index in [9.17, 15) is 24.0 Å². The Balaban J connectivity index is 1.64. The smallest absolute Gasteiger partial charge is 0.302 e. The van der Waals surface area contributed by atoms with Crippen LogP contribution in [0.4, 0.5) is 0 Å². The van der Waals surface area contributed by atoms with E-state index >= 15 is 0 Å². The monoisotopic (exact) mass is 448 g/mol. The van der Waals surface area contributed by atoms with Crippen LogP contribution in [-0.2, 0) is 35.1 Å². The predicted octanol–water partition coefficient (Wildman–Crippen LogP) is -1.66. The maximum atomic E-state index is 13.1. The summed E-state index contributed by atoms with van der Waals surface area (Å²) in [6.45, 7) is 2.54. The fourth-order valence-corrected chi connectivity index (χ4v) is 3.90. The lowest BCUT2D eigenvalue weighted by Crippen LogP contribution is -2.61. The van der Waals surface area contributed by atoms with Crippen molar-refractivity contribution in [3.8, 4) is 0 Å². The van der Waals surface area contributed by atoms with E-state index in [0.29, 0.717) is 25.2 Å². The number of β-lactam (4-membered cyclic amide) rings is 1. The minimum Gasteiger partial charge on any atom is -0.465 e. The zero-order valence-electron chi connectivity index (χ0n) is 18.1. The standard InChI is InChI=1S/C20H28N6O6/c1-12(27)32-7-6-26-5-3-4-15(26)18(29)24-19(30)16(8-13-10-21-11-22-13)25(2)20(31)14-9-17(28)23-14/h10-11,14-16H,3-9H2,1-2H3,(H,21,22)(H,23,28)(H,24,29,30)/t14-,15-,16-/m0/s1. The number of hydrogen-bond acceptors (Lipinski definition) is 8. The number of likely N-dealkylation sites (tertiary alicyclic amines) is 1. The van der Waals surface area contributed by atoms with E-state index in [1.54, 1.807) is 6.20 Å². The molecule has 1 aromatic heterocycles. The molecule has 2 aliphatic heterocycles. The third-order valence-electron chi connectivity index (χ3n) is 5.71. The third-order valence-corrected chi connectivity index (χ3v) is 5.71. The van der Waals surface area contributed by atoms with Gasteiger partial charge in [-0.1, -0.05) is 0 Å². The highest BCUT2D eigenvalue weighted by Gasteiger charge is 2.39. The first kappa shape index (κ1) is 23.4. The van der Waals surface area contributed by atoms with Gasteiger partial charge in [-0.15, -0.1) is 0 Å². The lowest BCUT2D eigenvalue weighted by atomic mass is 10.0. The molecule has 0 radical (unpaired) electrons. The van der Waals surface area contributed by atoms with Crippen molar-refractivity contribution in [1.29, 1.82) is 0 Å². The number of esters is 1. The summed E-state index contributed by atoms with van der Waals surface area (Å²) >= 11 is 0. The van der Waals surface area contributed by atoms with Crippen LogP contribution in [0.15, 0.2) is 12.5 Å². The Labute approximate surface area is 185 Å². The second-order valence-electron chi connectivity index (χ2n) is 7.96. The first-order valence-electron chi connectivity index (χ1n) is 10.5. The molecular weight excluding hydrogens is 420 g/mol. The SMILES string of the molecule is CC(=O)OCCN1CCC[C@H]1C(=O)NC(=O)[C@H](Cc1cnc[nH]1)N(C)C(=O)[C@@H]1CC(=O)N1. The molecule has 2 saturated heterocycles. The van der Waals surface area contributed by atoms with Gasteiger partial charge in [0.25, 0.3) is 0 Å². The van der Waals surface area contributed by atoms with E-state index in [1.807, 2.05) is 4.90 Å². The molecule has 0 saturated carbocycles. The van der Waals surface area contributed by atoms with E-state index < -0.39 is 41.8 Å². The Morgan fingerprint density at radius 1 is 1.38 bits per heavy atom. The molecule has 174 valence electrons. The van der Waals surface area contributed by atoms with Crippen molar-refractivity contribution in [1.82, 2.24) is 30.4 Å². The number of aromatic amines is 1. The number of carbonyl (C=O) groups is 5. The number of likely N-dealkylation sites (N-methyl/N-ethyl adjacent to an activating group) is 1. The molecular formula is C20H28N6O6. The highest BCUT2D eigenvalue weighted by molar-refractivity contribution is 6.03. The Bertz CT molecular complexity index is 864. The zero-order valence-corrected chi connectivity index (χ0v) is 18.1. The molecule has 12 heteroatoms. The normalized spacial score (nSPS) is 21.2. The average Bonchev–Trinajstić information content (AvgIpc) is 3.40. The number of nitrogens with one attached hydrogen (secondary N) is 3. The molecule has 1 aromatic rings. The van der Waals surface area contributed by atoms with Crippen molar-refractivity contribution in [2.75, 3.05) is 26.7 Å². The van der Waals surface area contributed by atoms with Crippen molar-refractivity contribution in [2.24, 2.45) is 0 Å². The largest absolute Gasteiger partial charge is 0.465 e. The molecule has 3 N–H and O–H groups in total. The van der Waals surface area contributed by atoms with Crippen molar-refractivity contribution < 1.29 is 28.7 Å². The second kappa shape index (κ2) is 10.4. The molecule has 3 rings (SSSR count). The molecule has 2 aliphatic rings. The fraction of sp³-hybridized carbons (Fsp3) is 0.600. The Hall–Kier alpha value is -3.28. The molecule has 32 heavy (non-hydrogen) atoms. The molecule has 2 fully saturated rings. The molecule has 4 amide bonds. The summed E-state index contributed by atoms with van der Waals surface area (Å²) < 4.78 is 4.95. The number of amides is 4.